The van der Waals surface area contributed by atoms with Crippen LogP contribution in [0.25, 0.3) is 0 Å². The zero-order valence-corrected chi connectivity index (χ0v) is 14.1. The van der Waals surface area contributed by atoms with Crippen molar-refractivity contribution >= 4 is 29.3 Å². The molecule has 0 atom stereocenters. The molecule has 2 heterocycles. The molecule has 0 bridgehead atoms. The number of amides is 1. The fourth-order valence-electron chi connectivity index (χ4n) is 2.34. The van der Waals surface area contributed by atoms with Gasteiger partial charge in [-0.05, 0) is 37.2 Å². The molecule has 1 aromatic carbocycles. The fourth-order valence-corrected chi connectivity index (χ4v) is 3.35. The Kier molecular flexibility index (Phi) is 5.48. The predicted molar refractivity (Wildman–Crippen MR) is 91.0 cm³/mol. The van der Waals surface area contributed by atoms with E-state index < -0.39 is 0 Å². The highest BCUT2D eigenvalue weighted by molar-refractivity contribution is 7.99. The highest BCUT2D eigenvalue weighted by Gasteiger charge is 2.18. The number of rotatable bonds is 3. The van der Waals surface area contributed by atoms with Gasteiger partial charge in [-0.3, -0.25) is 4.79 Å². The molecule has 1 aliphatic heterocycles. The van der Waals surface area contributed by atoms with Crippen LogP contribution in [-0.4, -0.2) is 47.2 Å². The van der Waals surface area contributed by atoms with E-state index in [9.17, 15) is 4.79 Å². The number of hydrogen-bond donors (Lipinski definition) is 1. The monoisotopic (exact) mass is 348 g/mol. The van der Waals surface area contributed by atoms with Gasteiger partial charge in [0.2, 0.25) is 0 Å². The summed E-state index contributed by atoms with van der Waals surface area (Å²) in [6, 6.07) is 11.1. The molecule has 1 N–H and O–H groups in total. The summed E-state index contributed by atoms with van der Waals surface area (Å²) in [5.41, 5.74) is 0.385. The summed E-state index contributed by atoms with van der Waals surface area (Å²) >= 11 is 7.57. The van der Waals surface area contributed by atoms with Gasteiger partial charge in [0.25, 0.3) is 5.91 Å². The molecule has 0 saturated carbocycles. The maximum atomic E-state index is 12.4. The van der Waals surface area contributed by atoms with Crippen LogP contribution in [0.1, 0.15) is 16.9 Å². The van der Waals surface area contributed by atoms with Crippen LogP contribution >= 0.6 is 23.4 Å². The van der Waals surface area contributed by atoms with Gasteiger partial charge in [-0.25, -0.2) is 0 Å². The lowest BCUT2D eigenvalue weighted by Crippen LogP contribution is -2.34. The number of halogens is 1. The molecule has 2 aromatic rings. The second-order valence-electron chi connectivity index (χ2n) is 5.19. The third-order valence-electron chi connectivity index (χ3n) is 3.54. The largest absolute Gasteiger partial charge is 0.336 e. The summed E-state index contributed by atoms with van der Waals surface area (Å²) in [7, 11) is 0. The number of hydrogen-bond acceptors (Lipinski definition) is 5. The third-order valence-corrected chi connectivity index (χ3v) is 4.98. The molecule has 1 amide bonds. The Labute approximate surface area is 144 Å². The average Bonchev–Trinajstić information content (AvgIpc) is 2.86. The molecule has 1 aliphatic rings. The molecular formula is C16H17ClN4OS. The first-order valence-electron chi connectivity index (χ1n) is 7.50. The van der Waals surface area contributed by atoms with Crippen molar-refractivity contribution < 1.29 is 4.79 Å². The van der Waals surface area contributed by atoms with Gasteiger partial charge in [-0.2, -0.15) is 0 Å². The Morgan fingerprint density at radius 2 is 2.00 bits per heavy atom. The molecule has 0 unspecified atom stereocenters. The van der Waals surface area contributed by atoms with Crippen LogP contribution in [0.15, 0.2) is 46.3 Å². The Bertz CT molecular complexity index is 672. The average molecular weight is 349 g/mol. The summed E-state index contributed by atoms with van der Waals surface area (Å²) in [4.78, 5) is 15.2. The van der Waals surface area contributed by atoms with E-state index in [0.717, 1.165) is 31.0 Å². The van der Waals surface area contributed by atoms with E-state index in [2.05, 4.69) is 15.5 Å². The molecule has 23 heavy (non-hydrogen) atoms. The SMILES string of the molecule is O=C(c1ccc(Sc2ccccc2Cl)nn1)N1CCCNCC1. The molecule has 7 heteroatoms. The lowest BCUT2D eigenvalue weighted by Gasteiger charge is -2.19. The Morgan fingerprint density at radius 1 is 1.13 bits per heavy atom. The third kappa shape index (κ3) is 4.22. The summed E-state index contributed by atoms with van der Waals surface area (Å²) in [5, 5.41) is 12.9. The van der Waals surface area contributed by atoms with Crippen molar-refractivity contribution in [2.45, 2.75) is 16.3 Å². The van der Waals surface area contributed by atoms with Gasteiger partial charge in [0.1, 0.15) is 5.03 Å². The van der Waals surface area contributed by atoms with E-state index in [1.54, 1.807) is 6.07 Å². The van der Waals surface area contributed by atoms with Gasteiger partial charge in [0, 0.05) is 24.5 Å². The standard InChI is InChI=1S/C16H17ClN4OS/c17-12-4-1-2-5-14(12)23-15-7-6-13(19-20-15)16(22)21-10-3-8-18-9-11-21/h1-2,4-7,18H,3,8-11H2. The first kappa shape index (κ1) is 16.2. The topological polar surface area (TPSA) is 58.1 Å². The number of aromatic nitrogens is 2. The van der Waals surface area contributed by atoms with Crippen molar-refractivity contribution in [2.75, 3.05) is 26.2 Å². The van der Waals surface area contributed by atoms with Crippen LogP contribution in [0.2, 0.25) is 5.02 Å². The first-order valence-corrected chi connectivity index (χ1v) is 8.69. The summed E-state index contributed by atoms with van der Waals surface area (Å²) in [6.45, 7) is 3.22. The number of carbonyl (C=O) groups excluding carboxylic acids is 1. The minimum Gasteiger partial charge on any atom is -0.336 e. The molecule has 0 aliphatic carbocycles. The first-order chi connectivity index (χ1) is 11.2. The number of nitrogens with zero attached hydrogens (tertiary/aromatic N) is 3. The minimum atomic E-state index is -0.0597. The minimum absolute atomic E-state index is 0.0597. The zero-order valence-electron chi connectivity index (χ0n) is 12.5. The van der Waals surface area contributed by atoms with Crippen molar-refractivity contribution in [1.82, 2.24) is 20.4 Å². The number of nitrogens with one attached hydrogen (secondary N) is 1. The maximum Gasteiger partial charge on any atom is 0.274 e. The lowest BCUT2D eigenvalue weighted by molar-refractivity contribution is 0.0759. The van der Waals surface area contributed by atoms with Gasteiger partial charge in [-0.15, -0.1) is 10.2 Å². The molecule has 0 spiro atoms. The molecule has 3 rings (SSSR count). The summed E-state index contributed by atoms with van der Waals surface area (Å²) in [5.74, 6) is -0.0597. The van der Waals surface area contributed by atoms with E-state index in [4.69, 9.17) is 11.6 Å². The second-order valence-corrected chi connectivity index (χ2v) is 6.65. The van der Waals surface area contributed by atoms with Gasteiger partial charge >= 0.3 is 0 Å². The van der Waals surface area contributed by atoms with Gasteiger partial charge < -0.3 is 10.2 Å². The van der Waals surface area contributed by atoms with Crippen LogP contribution in [0.3, 0.4) is 0 Å². The van der Waals surface area contributed by atoms with Gasteiger partial charge in [0.15, 0.2) is 5.69 Å². The molecule has 1 aromatic heterocycles. The van der Waals surface area contributed by atoms with Gasteiger partial charge in [-0.1, -0.05) is 35.5 Å². The predicted octanol–water partition coefficient (Wildman–Crippen LogP) is 2.72. The Balaban J connectivity index is 1.69. The number of benzene rings is 1. The van der Waals surface area contributed by atoms with Crippen molar-refractivity contribution in [2.24, 2.45) is 0 Å². The highest BCUT2D eigenvalue weighted by atomic mass is 35.5. The molecule has 120 valence electrons. The lowest BCUT2D eigenvalue weighted by atomic mass is 10.3. The van der Waals surface area contributed by atoms with Crippen molar-refractivity contribution in [3.05, 3.63) is 47.1 Å². The zero-order chi connectivity index (χ0) is 16.1. The molecule has 1 saturated heterocycles. The molecule has 5 nitrogen and oxygen atoms in total. The van der Waals surface area contributed by atoms with E-state index >= 15 is 0 Å². The van der Waals surface area contributed by atoms with E-state index in [1.165, 1.54) is 11.8 Å². The van der Waals surface area contributed by atoms with Crippen LogP contribution in [0.4, 0.5) is 0 Å². The van der Waals surface area contributed by atoms with Gasteiger partial charge in [0.05, 0.1) is 5.02 Å². The normalized spacial score (nSPS) is 15.3. The summed E-state index contributed by atoms with van der Waals surface area (Å²) in [6.07, 6.45) is 0.958. The van der Waals surface area contributed by atoms with Crippen molar-refractivity contribution in [3.8, 4) is 0 Å². The summed E-state index contributed by atoms with van der Waals surface area (Å²) < 4.78 is 0. The van der Waals surface area contributed by atoms with Crippen molar-refractivity contribution in [3.63, 3.8) is 0 Å². The number of carbonyl (C=O) groups is 1. The fraction of sp³-hybridized carbons (Fsp3) is 0.312. The Hall–Kier alpha value is -1.63. The quantitative estimate of drug-likeness (QED) is 0.924. The van der Waals surface area contributed by atoms with E-state index in [0.29, 0.717) is 22.3 Å². The smallest absolute Gasteiger partial charge is 0.274 e. The van der Waals surface area contributed by atoms with Crippen LogP contribution in [0.5, 0.6) is 0 Å². The van der Waals surface area contributed by atoms with Crippen molar-refractivity contribution in [1.29, 1.82) is 0 Å². The molecule has 0 radical (unpaired) electrons. The maximum absolute atomic E-state index is 12.4. The van der Waals surface area contributed by atoms with Crippen LogP contribution in [0, 0.1) is 0 Å². The highest BCUT2D eigenvalue weighted by Crippen LogP contribution is 2.31. The Morgan fingerprint density at radius 3 is 2.78 bits per heavy atom. The molecule has 1 fully saturated rings. The molecular weight excluding hydrogens is 332 g/mol. The van der Waals surface area contributed by atoms with Crippen LogP contribution in [-0.2, 0) is 0 Å². The van der Waals surface area contributed by atoms with Crippen LogP contribution < -0.4 is 5.32 Å². The second kappa shape index (κ2) is 7.77. The van der Waals surface area contributed by atoms with E-state index in [1.807, 2.05) is 35.2 Å². The van der Waals surface area contributed by atoms with E-state index in [-0.39, 0.29) is 5.91 Å².